The molecule has 0 atom stereocenters. The van der Waals surface area contributed by atoms with Gasteiger partial charge >= 0.3 is 0 Å². The molecule has 6 nitrogen and oxygen atoms in total. The first-order valence-electron chi connectivity index (χ1n) is 7.28. The highest BCUT2D eigenvalue weighted by atomic mass is 127. The highest BCUT2D eigenvalue weighted by molar-refractivity contribution is 14.0. The minimum absolute atomic E-state index is 0. The van der Waals surface area contributed by atoms with E-state index in [2.05, 4.69) is 49.9 Å². The maximum absolute atomic E-state index is 4.24. The monoisotopic (exact) mass is 428 g/mol. The molecular weight excluding hydrogens is 403 g/mol. The molecule has 0 bridgehead atoms. The van der Waals surface area contributed by atoms with Gasteiger partial charge in [0.1, 0.15) is 0 Å². The Balaban J connectivity index is 0.00000264. The lowest BCUT2D eigenvalue weighted by Crippen LogP contribution is -2.36. The number of hydrogen-bond acceptors (Lipinski definition) is 3. The number of benzene rings is 1. The summed E-state index contributed by atoms with van der Waals surface area (Å²) < 4.78 is 1.85. The van der Waals surface area contributed by atoms with E-state index in [0.29, 0.717) is 6.54 Å². The number of guanidine groups is 1. The van der Waals surface area contributed by atoms with Gasteiger partial charge in [-0.3, -0.25) is 9.67 Å². The molecule has 2 rings (SSSR count). The van der Waals surface area contributed by atoms with Crippen molar-refractivity contribution < 1.29 is 0 Å². The molecule has 0 aliphatic rings. The summed E-state index contributed by atoms with van der Waals surface area (Å²) in [5.41, 5.74) is 3.52. The molecule has 0 aliphatic carbocycles. The predicted octanol–water partition coefficient (Wildman–Crippen LogP) is 1.97. The Bertz CT molecular complexity index is 635. The van der Waals surface area contributed by atoms with E-state index in [1.807, 2.05) is 31.9 Å². The molecule has 1 heterocycles. The third-order valence-corrected chi connectivity index (χ3v) is 3.47. The quantitative estimate of drug-likeness (QED) is 0.435. The van der Waals surface area contributed by atoms with Crippen LogP contribution in [0.5, 0.6) is 0 Å². The van der Waals surface area contributed by atoms with Crippen molar-refractivity contribution in [3.05, 3.63) is 47.8 Å². The van der Waals surface area contributed by atoms with Crippen LogP contribution in [0, 0.1) is 0 Å². The Hall–Kier alpha value is -1.77. The first-order chi connectivity index (χ1) is 10.6. The van der Waals surface area contributed by atoms with Gasteiger partial charge in [-0.2, -0.15) is 5.10 Å². The van der Waals surface area contributed by atoms with Gasteiger partial charge in [-0.15, -0.1) is 24.0 Å². The number of halogens is 1. The fourth-order valence-electron chi connectivity index (χ4n) is 2.10. The van der Waals surface area contributed by atoms with E-state index >= 15 is 0 Å². The molecule has 2 aromatic rings. The molecular formula is C16H25IN6. The minimum Gasteiger partial charge on any atom is -0.378 e. The maximum atomic E-state index is 4.24. The maximum Gasteiger partial charge on any atom is 0.191 e. The molecule has 0 unspecified atom stereocenters. The minimum atomic E-state index is 0. The number of aliphatic imine (C=N–C) groups is 1. The summed E-state index contributed by atoms with van der Waals surface area (Å²) in [4.78, 5) is 6.34. The van der Waals surface area contributed by atoms with E-state index in [9.17, 15) is 0 Å². The zero-order valence-corrected chi connectivity index (χ0v) is 16.4. The fraction of sp³-hybridized carbons (Fsp3) is 0.375. The van der Waals surface area contributed by atoms with Crippen LogP contribution in [0.4, 0.5) is 5.69 Å². The van der Waals surface area contributed by atoms with Crippen molar-refractivity contribution >= 4 is 35.6 Å². The average Bonchev–Trinajstić information content (AvgIpc) is 2.93. The smallest absolute Gasteiger partial charge is 0.191 e. The molecule has 1 aromatic carbocycles. The Morgan fingerprint density at radius 3 is 2.57 bits per heavy atom. The highest BCUT2D eigenvalue weighted by Gasteiger charge is 2.02. The lowest BCUT2D eigenvalue weighted by atomic mass is 10.2. The summed E-state index contributed by atoms with van der Waals surface area (Å²) in [7, 11) is 7.79. The molecule has 2 N–H and O–H groups in total. The molecule has 0 amide bonds. The molecule has 0 saturated carbocycles. The Morgan fingerprint density at radius 1 is 1.22 bits per heavy atom. The van der Waals surface area contributed by atoms with E-state index in [1.54, 1.807) is 13.2 Å². The van der Waals surface area contributed by atoms with Gasteiger partial charge in [0.25, 0.3) is 0 Å². The van der Waals surface area contributed by atoms with Crippen LogP contribution in [0.25, 0.3) is 0 Å². The van der Waals surface area contributed by atoms with Gasteiger partial charge in [-0.25, -0.2) is 0 Å². The van der Waals surface area contributed by atoms with Gasteiger partial charge in [-0.1, -0.05) is 12.1 Å². The van der Waals surface area contributed by atoms with Gasteiger partial charge in [0.05, 0.1) is 12.2 Å². The molecule has 126 valence electrons. The normalized spacial score (nSPS) is 10.9. The second-order valence-corrected chi connectivity index (χ2v) is 5.29. The van der Waals surface area contributed by atoms with Crippen LogP contribution in [-0.4, -0.2) is 36.9 Å². The summed E-state index contributed by atoms with van der Waals surface area (Å²) in [6.45, 7) is 1.42. The summed E-state index contributed by atoms with van der Waals surface area (Å²) in [5, 5.41) is 10.8. The van der Waals surface area contributed by atoms with E-state index in [4.69, 9.17) is 0 Å². The fourth-order valence-corrected chi connectivity index (χ4v) is 2.10. The van der Waals surface area contributed by atoms with Crippen molar-refractivity contribution in [2.75, 3.05) is 26.0 Å². The Morgan fingerprint density at radius 2 is 1.96 bits per heavy atom. The molecule has 0 saturated heterocycles. The largest absolute Gasteiger partial charge is 0.378 e. The summed E-state index contributed by atoms with van der Waals surface area (Å²) in [5.74, 6) is 0.774. The number of aromatic nitrogens is 2. The molecule has 0 radical (unpaired) electrons. The van der Waals surface area contributed by atoms with Gasteiger partial charge in [0.15, 0.2) is 5.96 Å². The second-order valence-electron chi connectivity index (χ2n) is 5.29. The number of rotatable bonds is 5. The topological polar surface area (TPSA) is 57.5 Å². The molecule has 0 fully saturated rings. The van der Waals surface area contributed by atoms with Crippen molar-refractivity contribution in [2.24, 2.45) is 12.0 Å². The zero-order chi connectivity index (χ0) is 15.9. The van der Waals surface area contributed by atoms with Crippen molar-refractivity contribution in [3.8, 4) is 0 Å². The van der Waals surface area contributed by atoms with Crippen LogP contribution in [0.2, 0.25) is 0 Å². The average molecular weight is 428 g/mol. The number of nitrogens with one attached hydrogen (secondary N) is 2. The van der Waals surface area contributed by atoms with Crippen molar-refractivity contribution in [1.82, 2.24) is 20.4 Å². The molecule has 0 spiro atoms. The van der Waals surface area contributed by atoms with Crippen LogP contribution in [-0.2, 0) is 20.1 Å². The Labute approximate surface area is 155 Å². The van der Waals surface area contributed by atoms with Gasteiger partial charge < -0.3 is 15.5 Å². The van der Waals surface area contributed by atoms with E-state index in [-0.39, 0.29) is 24.0 Å². The number of aryl methyl sites for hydroxylation is 1. The standard InChI is InChI=1S/C16H24N6.HI/c1-17-16(19-12-15-8-9-20-22(15)4)18-11-13-6-5-7-14(10-13)21(2)3;/h5-10H,11-12H2,1-4H3,(H2,17,18,19);1H. The van der Waals surface area contributed by atoms with Crippen molar-refractivity contribution in [3.63, 3.8) is 0 Å². The SMILES string of the molecule is CN=C(NCc1cccc(N(C)C)c1)NCc1ccnn1C.I. The van der Waals surface area contributed by atoms with Gasteiger partial charge in [0, 0.05) is 46.6 Å². The molecule has 1 aromatic heterocycles. The van der Waals surface area contributed by atoms with Crippen LogP contribution < -0.4 is 15.5 Å². The third-order valence-electron chi connectivity index (χ3n) is 3.47. The molecule has 0 aliphatic heterocycles. The predicted molar refractivity (Wildman–Crippen MR) is 106 cm³/mol. The zero-order valence-electron chi connectivity index (χ0n) is 14.1. The van der Waals surface area contributed by atoms with Crippen molar-refractivity contribution in [1.29, 1.82) is 0 Å². The lowest BCUT2D eigenvalue weighted by Gasteiger charge is -2.15. The lowest BCUT2D eigenvalue weighted by molar-refractivity contribution is 0.684. The number of anilines is 1. The first kappa shape index (κ1) is 19.3. The summed E-state index contributed by atoms with van der Waals surface area (Å²) in [6.07, 6.45) is 1.79. The number of hydrogen-bond donors (Lipinski definition) is 2. The molecule has 23 heavy (non-hydrogen) atoms. The molecule has 7 heteroatoms. The van der Waals surface area contributed by atoms with Crippen LogP contribution in [0.15, 0.2) is 41.5 Å². The van der Waals surface area contributed by atoms with Gasteiger partial charge in [0.2, 0.25) is 0 Å². The summed E-state index contributed by atoms with van der Waals surface area (Å²) >= 11 is 0. The third kappa shape index (κ3) is 5.74. The van der Waals surface area contributed by atoms with Gasteiger partial charge in [-0.05, 0) is 23.8 Å². The van der Waals surface area contributed by atoms with E-state index < -0.39 is 0 Å². The van der Waals surface area contributed by atoms with Crippen LogP contribution >= 0.6 is 24.0 Å². The summed E-state index contributed by atoms with van der Waals surface area (Å²) in [6, 6.07) is 10.4. The van der Waals surface area contributed by atoms with E-state index in [0.717, 1.165) is 18.2 Å². The first-order valence-corrected chi connectivity index (χ1v) is 7.28. The Kier molecular flexibility index (Phi) is 7.87. The van der Waals surface area contributed by atoms with E-state index in [1.165, 1.54) is 11.3 Å². The van der Waals surface area contributed by atoms with Crippen LogP contribution in [0.1, 0.15) is 11.3 Å². The number of nitrogens with zero attached hydrogens (tertiary/aromatic N) is 4. The van der Waals surface area contributed by atoms with Crippen LogP contribution in [0.3, 0.4) is 0 Å². The second kappa shape index (κ2) is 9.39. The van der Waals surface area contributed by atoms with Crippen molar-refractivity contribution in [2.45, 2.75) is 13.1 Å². The highest BCUT2D eigenvalue weighted by Crippen LogP contribution is 2.13.